The fourth-order valence-electron chi connectivity index (χ4n) is 4.63. The monoisotopic (exact) mass is 474 g/mol. The number of hydrogen-bond donors (Lipinski definition) is 3. The molecular weight excluding hydrogens is 444 g/mol. The van der Waals surface area contributed by atoms with Crippen LogP contribution in [-0.2, 0) is 6.54 Å². The number of benzene rings is 1. The number of aromatic amines is 1. The molecule has 0 bridgehead atoms. The Morgan fingerprint density at radius 2 is 1.80 bits per heavy atom. The maximum atomic E-state index is 13.0. The predicted octanol–water partition coefficient (Wildman–Crippen LogP) is 3.43. The first-order chi connectivity index (χ1) is 17.2. The highest BCUT2D eigenvalue weighted by molar-refractivity contribution is 5.95. The largest absolute Gasteiger partial charge is 0.490 e. The van der Waals surface area contributed by atoms with Crippen LogP contribution in [0.15, 0.2) is 59.8 Å². The molecule has 1 aromatic carbocycles. The molecule has 3 heterocycles. The van der Waals surface area contributed by atoms with Crippen LogP contribution < -0.4 is 25.7 Å². The molecule has 8 nitrogen and oxygen atoms in total. The molecule has 0 atom stereocenters. The van der Waals surface area contributed by atoms with Crippen molar-refractivity contribution in [3.8, 4) is 22.6 Å². The molecule has 2 aromatic heterocycles. The SMILES string of the molecule is O=C(NC1CCC(NCc2cccnc2)CC1)c1cc(-c2ccc3c(c2)OCCCO3)c[nH]c1=O. The Morgan fingerprint density at radius 3 is 2.60 bits per heavy atom. The van der Waals surface area contributed by atoms with Gasteiger partial charge >= 0.3 is 0 Å². The quantitative estimate of drug-likeness (QED) is 0.506. The average Bonchev–Trinajstić information content (AvgIpc) is 3.14. The fraction of sp³-hybridized carbons (Fsp3) is 0.370. The zero-order chi connectivity index (χ0) is 24.0. The number of hydrogen-bond acceptors (Lipinski definition) is 6. The van der Waals surface area contributed by atoms with Crippen molar-refractivity contribution in [2.45, 2.75) is 50.7 Å². The van der Waals surface area contributed by atoms with Gasteiger partial charge < -0.3 is 25.1 Å². The first kappa shape index (κ1) is 23.1. The van der Waals surface area contributed by atoms with Gasteiger partial charge in [-0.3, -0.25) is 14.6 Å². The summed E-state index contributed by atoms with van der Waals surface area (Å²) in [6.07, 6.45) is 9.78. The maximum absolute atomic E-state index is 13.0. The van der Waals surface area contributed by atoms with Crippen molar-refractivity contribution in [3.63, 3.8) is 0 Å². The second kappa shape index (κ2) is 10.7. The van der Waals surface area contributed by atoms with E-state index in [1.165, 1.54) is 0 Å². The molecule has 1 fully saturated rings. The summed E-state index contributed by atoms with van der Waals surface area (Å²) in [7, 11) is 0. The molecular formula is C27H30N4O4. The summed E-state index contributed by atoms with van der Waals surface area (Å²) in [5.41, 5.74) is 2.47. The van der Waals surface area contributed by atoms with E-state index in [2.05, 4.69) is 26.7 Å². The number of ether oxygens (including phenoxy) is 2. The van der Waals surface area contributed by atoms with Crippen LogP contribution in [0.4, 0.5) is 0 Å². The molecule has 3 aromatic rings. The van der Waals surface area contributed by atoms with E-state index in [9.17, 15) is 9.59 Å². The number of carbonyl (C=O) groups is 1. The number of nitrogens with zero attached hydrogens (tertiary/aromatic N) is 1. The highest BCUT2D eigenvalue weighted by Crippen LogP contribution is 2.34. The summed E-state index contributed by atoms with van der Waals surface area (Å²) in [5, 5.41) is 6.64. The molecule has 0 saturated heterocycles. The minimum absolute atomic E-state index is 0.0556. The van der Waals surface area contributed by atoms with Gasteiger partial charge in [0.15, 0.2) is 11.5 Å². The summed E-state index contributed by atoms with van der Waals surface area (Å²) in [6, 6.07) is 11.8. The topological polar surface area (TPSA) is 105 Å². The normalized spacial score (nSPS) is 19.5. The summed E-state index contributed by atoms with van der Waals surface area (Å²) in [4.78, 5) is 32.3. The second-order valence-electron chi connectivity index (χ2n) is 9.11. The Hall–Kier alpha value is -3.65. The fourth-order valence-corrected chi connectivity index (χ4v) is 4.63. The second-order valence-corrected chi connectivity index (χ2v) is 9.11. The van der Waals surface area contributed by atoms with E-state index in [-0.39, 0.29) is 17.5 Å². The lowest BCUT2D eigenvalue weighted by Crippen LogP contribution is -2.43. The molecule has 35 heavy (non-hydrogen) atoms. The Balaban J connectivity index is 1.20. The van der Waals surface area contributed by atoms with E-state index in [0.717, 1.165) is 55.3 Å². The summed E-state index contributed by atoms with van der Waals surface area (Å²) in [5.74, 6) is 1.04. The summed E-state index contributed by atoms with van der Waals surface area (Å²) >= 11 is 0. The third-order valence-corrected chi connectivity index (χ3v) is 6.61. The average molecular weight is 475 g/mol. The standard InChI is InChI=1S/C27H30N4O4/c32-26-23(13-20(17-30-26)19-4-9-24-25(14-19)35-12-2-11-34-24)27(33)31-22-7-5-21(6-8-22)29-16-18-3-1-10-28-15-18/h1,3-4,9-10,13-15,17,21-22,29H,2,5-8,11-12,16H2,(H,30,32)(H,31,33). The minimum atomic E-state index is -0.396. The van der Waals surface area contributed by atoms with Crippen molar-refractivity contribution in [2.24, 2.45) is 0 Å². The van der Waals surface area contributed by atoms with Gasteiger partial charge in [0.2, 0.25) is 0 Å². The number of H-pyrrole nitrogens is 1. The van der Waals surface area contributed by atoms with Gasteiger partial charge in [0.25, 0.3) is 11.5 Å². The number of rotatable bonds is 6. The number of amides is 1. The van der Waals surface area contributed by atoms with E-state index in [1.807, 2.05) is 30.5 Å². The van der Waals surface area contributed by atoms with Gasteiger partial charge in [0.05, 0.1) is 13.2 Å². The highest BCUT2D eigenvalue weighted by Gasteiger charge is 2.24. The Kier molecular flexibility index (Phi) is 7.09. The lowest BCUT2D eigenvalue weighted by atomic mass is 9.91. The first-order valence-corrected chi connectivity index (χ1v) is 12.2. The number of pyridine rings is 2. The number of aromatic nitrogens is 2. The Bertz CT molecular complexity index is 1220. The van der Waals surface area contributed by atoms with E-state index in [1.54, 1.807) is 18.5 Å². The molecule has 2 aliphatic rings. The smallest absolute Gasteiger partial charge is 0.260 e. The Morgan fingerprint density at radius 1 is 1.00 bits per heavy atom. The maximum Gasteiger partial charge on any atom is 0.260 e. The minimum Gasteiger partial charge on any atom is -0.490 e. The zero-order valence-electron chi connectivity index (χ0n) is 19.6. The predicted molar refractivity (Wildman–Crippen MR) is 133 cm³/mol. The first-order valence-electron chi connectivity index (χ1n) is 12.2. The van der Waals surface area contributed by atoms with E-state index in [0.29, 0.717) is 30.8 Å². The molecule has 8 heteroatoms. The number of fused-ring (bicyclic) bond motifs is 1. The van der Waals surface area contributed by atoms with Crippen LogP contribution >= 0.6 is 0 Å². The van der Waals surface area contributed by atoms with Gasteiger partial charge in [-0.15, -0.1) is 0 Å². The van der Waals surface area contributed by atoms with Crippen molar-refractivity contribution in [1.29, 1.82) is 0 Å². The molecule has 5 rings (SSSR count). The molecule has 1 aliphatic carbocycles. The van der Waals surface area contributed by atoms with Crippen molar-refractivity contribution in [2.75, 3.05) is 13.2 Å². The Labute approximate surface area is 204 Å². The number of nitrogens with one attached hydrogen (secondary N) is 3. The number of carbonyl (C=O) groups excluding carboxylic acids is 1. The van der Waals surface area contributed by atoms with Crippen LogP contribution in [0.25, 0.3) is 11.1 Å². The third-order valence-electron chi connectivity index (χ3n) is 6.61. The molecule has 0 unspecified atom stereocenters. The van der Waals surface area contributed by atoms with Crippen LogP contribution in [0.1, 0.15) is 48.0 Å². The third kappa shape index (κ3) is 5.71. The molecule has 0 spiro atoms. The van der Waals surface area contributed by atoms with Crippen molar-refractivity contribution in [3.05, 3.63) is 76.5 Å². The van der Waals surface area contributed by atoms with Crippen molar-refractivity contribution in [1.82, 2.24) is 20.6 Å². The van der Waals surface area contributed by atoms with Crippen LogP contribution in [-0.4, -0.2) is 41.2 Å². The lowest BCUT2D eigenvalue weighted by molar-refractivity contribution is 0.0922. The molecule has 0 radical (unpaired) electrons. The van der Waals surface area contributed by atoms with Gasteiger partial charge in [-0.2, -0.15) is 0 Å². The zero-order valence-corrected chi connectivity index (χ0v) is 19.6. The van der Waals surface area contributed by atoms with E-state index in [4.69, 9.17) is 9.47 Å². The summed E-state index contributed by atoms with van der Waals surface area (Å²) < 4.78 is 11.5. The van der Waals surface area contributed by atoms with Crippen LogP contribution in [0.2, 0.25) is 0 Å². The van der Waals surface area contributed by atoms with Crippen molar-refractivity contribution < 1.29 is 14.3 Å². The highest BCUT2D eigenvalue weighted by atomic mass is 16.5. The van der Waals surface area contributed by atoms with Gasteiger partial charge in [-0.25, -0.2) is 0 Å². The molecule has 1 amide bonds. The van der Waals surface area contributed by atoms with Gasteiger partial charge in [0, 0.05) is 43.6 Å². The van der Waals surface area contributed by atoms with Crippen molar-refractivity contribution >= 4 is 5.91 Å². The van der Waals surface area contributed by atoms with E-state index >= 15 is 0 Å². The molecule has 1 saturated carbocycles. The van der Waals surface area contributed by atoms with Crippen LogP contribution in [0.5, 0.6) is 11.5 Å². The van der Waals surface area contributed by atoms with Gasteiger partial charge in [-0.1, -0.05) is 12.1 Å². The molecule has 182 valence electrons. The molecule has 3 N–H and O–H groups in total. The van der Waals surface area contributed by atoms with E-state index < -0.39 is 5.56 Å². The van der Waals surface area contributed by atoms with Gasteiger partial charge in [0.1, 0.15) is 5.56 Å². The van der Waals surface area contributed by atoms with Crippen LogP contribution in [0.3, 0.4) is 0 Å². The molecule has 1 aliphatic heterocycles. The van der Waals surface area contributed by atoms with Gasteiger partial charge in [-0.05, 0) is 66.6 Å². The summed E-state index contributed by atoms with van der Waals surface area (Å²) in [6.45, 7) is 2.01. The lowest BCUT2D eigenvalue weighted by Gasteiger charge is -2.29. The van der Waals surface area contributed by atoms with Crippen LogP contribution in [0, 0.1) is 0 Å².